The maximum atomic E-state index is 11.1. The fourth-order valence-corrected chi connectivity index (χ4v) is 2.27. The Morgan fingerprint density at radius 2 is 1.88 bits per heavy atom. The normalized spacial score (nSPS) is 12.5. The van der Waals surface area contributed by atoms with Crippen LogP contribution < -0.4 is 0 Å². The largest absolute Gasteiger partial charge is 0.463 e. The molecule has 92 valence electrons. The van der Waals surface area contributed by atoms with Gasteiger partial charge in [0.25, 0.3) is 0 Å². The molecule has 0 aromatic heterocycles. The summed E-state index contributed by atoms with van der Waals surface area (Å²) in [5, 5.41) is 0. The summed E-state index contributed by atoms with van der Waals surface area (Å²) in [7, 11) is 0.289. The Labute approximate surface area is 99.8 Å². The molecule has 1 atom stereocenters. The second-order valence-electron chi connectivity index (χ2n) is 2.95. The Morgan fingerprint density at radius 3 is 2.25 bits per heavy atom. The van der Waals surface area contributed by atoms with Crippen LogP contribution in [0.3, 0.4) is 0 Å². The molecule has 0 aromatic carbocycles. The number of rotatable bonds is 9. The lowest BCUT2D eigenvalue weighted by Gasteiger charge is -2.21. The molecule has 0 spiro atoms. The van der Waals surface area contributed by atoms with Crippen molar-refractivity contribution < 1.29 is 19.0 Å². The van der Waals surface area contributed by atoms with Crippen LogP contribution in [0.5, 0.6) is 0 Å². The second kappa shape index (κ2) is 9.56. The minimum absolute atomic E-state index is 0.159. The first-order valence-electron chi connectivity index (χ1n) is 5.50. The van der Waals surface area contributed by atoms with Gasteiger partial charge in [0, 0.05) is 19.3 Å². The minimum Gasteiger partial charge on any atom is -0.463 e. The van der Waals surface area contributed by atoms with E-state index in [0.29, 0.717) is 13.2 Å². The molecule has 0 aliphatic heterocycles. The predicted molar refractivity (Wildman–Crippen MR) is 63.2 cm³/mol. The van der Waals surface area contributed by atoms with E-state index in [4.69, 9.17) is 14.2 Å². The summed E-state index contributed by atoms with van der Waals surface area (Å²) in [6.45, 7) is 10.3. The van der Waals surface area contributed by atoms with Crippen molar-refractivity contribution in [2.75, 3.05) is 13.2 Å². The van der Waals surface area contributed by atoms with Crippen molar-refractivity contribution in [3.05, 3.63) is 12.7 Å². The summed E-state index contributed by atoms with van der Waals surface area (Å²) in [5.41, 5.74) is -0.159. The number of carbonyl (C=O) groups is 1. The van der Waals surface area contributed by atoms with Gasteiger partial charge in [0.15, 0.2) is 9.52 Å². The minimum atomic E-state index is -0.397. The van der Waals surface area contributed by atoms with Crippen LogP contribution in [-0.4, -0.2) is 40.3 Å². The topological polar surface area (TPSA) is 44.8 Å². The van der Waals surface area contributed by atoms with E-state index in [1.54, 1.807) is 0 Å². The van der Waals surface area contributed by atoms with Crippen molar-refractivity contribution in [1.29, 1.82) is 0 Å². The highest BCUT2D eigenvalue weighted by molar-refractivity contribution is 6.38. The summed E-state index contributed by atoms with van der Waals surface area (Å²) in [6.07, 6.45) is 1.91. The monoisotopic (exact) mass is 244 g/mol. The summed E-state index contributed by atoms with van der Waals surface area (Å²) < 4.78 is 16.0. The van der Waals surface area contributed by atoms with Crippen LogP contribution in [0.15, 0.2) is 12.7 Å². The van der Waals surface area contributed by atoms with Crippen molar-refractivity contribution in [3.8, 4) is 0 Å². The lowest BCUT2D eigenvalue weighted by molar-refractivity contribution is -0.140. The Morgan fingerprint density at radius 1 is 1.31 bits per heavy atom. The van der Waals surface area contributed by atoms with Crippen LogP contribution in [0.25, 0.3) is 0 Å². The number of carbonyl (C=O) groups excluding carboxylic acids is 1. The standard InChI is InChI=1S/C11H20O4Si/c1-5-9(12)15-10(6-2)16-11(13-7-3)14-8-4/h5,10-11H,1,6-8H2,2-4H3. The maximum absolute atomic E-state index is 11.1. The third-order valence-electron chi connectivity index (χ3n) is 1.75. The molecule has 0 bridgehead atoms. The molecule has 0 saturated carbocycles. The molecular weight excluding hydrogens is 224 g/mol. The Hall–Kier alpha value is -0.653. The van der Waals surface area contributed by atoms with Crippen LogP contribution >= 0.6 is 0 Å². The Kier molecular flexibility index (Phi) is 9.17. The Bertz CT molecular complexity index is 202. The van der Waals surface area contributed by atoms with Gasteiger partial charge in [-0.25, -0.2) is 4.79 Å². The Balaban J connectivity index is 4.13. The molecule has 2 radical (unpaired) electrons. The molecule has 0 heterocycles. The molecular formula is C11H20O4Si. The highest BCUT2D eigenvalue weighted by Gasteiger charge is 2.19. The molecule has 0 aromatic rings. The van der Waals surface area contributed by atoms with E-state index >= 15 is 0 Å². The molecule has 0 rings (SSSR count). The molecule has 16 heavy (non-hydrogen) atoms. The zero-order valence-electron chi connectivity index (χ0n) is 10.2. The SMILES string of the molecule is C=CC(=O)OC(CC)[Si]C(OCC)OCC. The van der Waals surface area contributed by atoms with Gasteiger partial charge in [-0.05, 0) is 20.3 Å². The third-order valence-corrected chi connectivity index (χ3v) is 3.26. The van der Waals surface area contributed by atoms with E-state index in [-0.39, 0.29) is 21.2 Å². The average molecular weight is 244 g/mol. The number of esters is 1. The van der Waals surface area contributed by atoms with Gasteiger partial charge in [0.1, 0.15) is 5.91 Å². The zero-order chi connectivity index (χ0) is 12.4. The van der Waals surface area contributed by atoms with E-state index in [2.05, 4.69) is 6.58 Å². The van der Waals surface area contributed by atoms with Crippen molar-refractivity contribution in [1.82, 2.24) is 0 Å². The van der Waals surface area contributed by atoms with Gasteiger partial charge in [-0.1, -0.05) is 13.5 Å². The number of hydrogen-bond donors (Lipinski definition) is 0. The molecule has 0 aliphatic carbocycles. The molecule has 0 amide bonds. The first-order valence-corrected chi connectivity index (χ1v) is 6.65. The van der Waals surface area contributed by atoms with Crippen molar-refractivity contribution in [2.45, 2.75) is 38.8 Å². The van der Waals surface area contributed by atoms with E-state index in [0.717, 1.165) is 6.42 Å². The lowest BCUT2D eigenvalue weighted by Crippen LogP contribution is -2.35. The fourth-order valence-electron chi connectivity index (χ4n) is 1.02. The molecule has 0 aliphatic rings. The van der Waals surface area contributed by atoms with Gasteiger partial charge in [-0.3, -0.25) is 0 Å². The van der Waals surface area contributed by atoms with Gasteiger partial charge in [0.05, 0.1) is 5.73 Å². The summed E-state index contributed by atoms with van der Waals surface area (Å²) in [6, 6.07) is 0. The van der Waals surface area contributed by atoms with Crippen molar-refractivity contribution in [3.63, 3.8) is 0 Å². The summed E-state index contributed by atoms with van der Waals surface area (Å²) in [4.78, 5) is 11.1. The fraction of sp³-hybridized carbons (Fsp3) is 0.727. The van der Waals surface area contributed by atoms with Gasteiger partial charge >= 0.3 is 5.97 Å². The van der Waals surface area contributed by atoms with Crippen LogP contribution in [0.2, 0.25) is 0 Å². The number of hydrogen-bond acceptors (Lipinski definition) is 4. The maximum Gasteiger partial charge on any atom is 0.330 e. The van der Waals surface area contributed by atoms with E-state index in [1.807, 2.05) is 20.8 Å². The molecule has 4 nitrogen and oxygen atoms in total. The van der Waals surface area contributed by atoms with Crippen LogP contribution in [0.1, 0.15) is 27.2 Å². The van der Waals surface area contributed by atoms with Gasteiger partial charge in [-0.2, -0.15) is 0 Å². The highest BCUT2D eigenvalue weighted by Crippen LogP contribution is 2.03. The summed E-state index contributed by atoms with van der Waals surface area (Å²) >= 11 is 0. The van der Waals surface area contributed by atoms with Crippen molar-refractivity contribution in [2.24, 2.45) is 0 Å². The van der Waals surface area contributed by atoms with E-state index in [1.165, 1.54) is 6.08 Å². The molecule has 0 fully saturated rings. The number of ether oxygens (including phenoxy) is 3. The predicted octanol–water partition coefficient (Wildman–Crippen LogP) is 1.51. The van der Waals surface area contributed by atoms with Gasteiger partial charge in [0.2, 0.25) is 0 Å². The lowest BCUT2D eigenvalue weighted by atomic mass is 10.5. The molecule has 1 unspecified atom stereocenters. The van der Waals surface area contributed by atoms with Gasteiger partial charge < -0.3 is 14.2 Å². The third kappa shape index (κ3) is 6.76. The first kappa shape index (κ1) is 15.3. The first-order chi connectivity index (χ1) is 7.67. The average Bonchev–Trinajstić information content (AvgIpc) is 2.28. The second-order valence-corrected chi connectivity index (χ2v) is 4.40. The molecule has 0 saturated heterocycles. The van der Waals surface area contributed by atoms with E-state index < -0.39 is 5.97 Å². The zero-order valence-corrected chi connectivity index (χ0v) is 11.2. The van der Waals surface area contributed by atoms with Crippen LogP contribution in [0, 0.1) is 0 Å². The molecule has 0 N–H and O–H groups in total. The quantitative estimate of drug-likeness (QED) is 0.267. The smallest absolute Gasteiger partial charge is 0.330 e. The summed E-state index contributed by atoms with van der Waals surface area (Å²) in [5.74, 6) is -0.677. The van der Waals surface area contributed by atoms with Crippen LogP contribution in [-0.2, 0) is 19.0 Å². The van der Waals surface area contributed by atoms with E-state index in [9.17, 15) is 4.79 Å². The van der Waals surface area contributed by atoms with Crippen LogP contribution in [0.4, 0.5) is 0 Å². The molecule has 5 heteroatoms. The highest BCUT2D eigenvalue weighted by atomic mass is 28.2. The van der Waals surface area contributed by atoms with Gasteiger partial charge in [-0.15, -0.1) is 0 Å². The van der Waals surface area contributed by atoms with Crippen molar-refractivity contribution >= 4 is 15.5 Å².